The molecule has 0 aromatic heterocycles. The van der Waals surface area contributed by atoms with E-state index in [1.54, 1.807) is 4.90 Å². The quantitative estimate of drug-likeness (QED) is 0.825. The molecular formula is C18H22N2O4. The Hall–Kier alpha value is -1.92. The first-order chi connectivity index (χ1) is 11.7. The Morgan fingerprint density at radius 2 is 1.75 bits per heavy atom. The number of hydrogen-bond donors (Lipinski definition) is 0. The summed E-state index contributed by atoms with van der Waals surface area (Å²) in [4.78, 5) is 28.8. The number of benzene rings is 1. The van der Waals surface area contributed by atoms with Gasteiger partial charge in [-0.25, -0.2) is 0 Å². The lowest BCUT2D eigenvalue weighted by Gasteiger charge is -2.39. The van der Waals surface area contributed by atoms with Crippen molar-refractivity contribution in [1.29, 1.82) is 0 Å². The van der Waals surface area contributed by atoms with Crippen LogP contribution in [0.2, 0.25) is 0 Å². The average Bonchev–Trinajstić information content (AvgIpc) is 3.23. The van der Waals surface area contributed by atoms with Crippen molar-refractivity contribution in [3.8, 4) is 0 Å². The van der Waals surface area contributed by atoms with E-state index in [0.717, 1.165) is 5.69 Å². The Morgan fingerprint density at radius 3 is 2.42 bits per heavy atom. The third kappa shape index (κ3) is 2.70. The first kappa shape index (κ1) is 15.6. The molecular weight excluding hydrogens is 308 g/mol. The second-order valence-corrected chi connectivity index (χ2v) is 6.59. The van der Waals surface area contributed by atoms with Gasteiger partial charge in [-0.2, -0.15) is 0 Å². The highest BCUT2D eigenvalue weighted by Gasteiger charge is 2.44. The molecule has 24 heavy (non-hydrogen) atoms. The van der Waals surface area contributed by atoms with Crippen LogP contribution in [0.5, 0.6) is 0 Å². The molecule has 3 aliphatic rings. The van der Waals surface area contributed by atoms with Crippen LogP contribution in [0.4, 0.5) is 5.69 Å². The average molecular weight is 330 g/mol. The molecule has 1 atom stereocenters. The van der Waals surface area contributed by atoms with Crippen molar-refractivity contribution < 1.29 is 19.1 Å². The highest BCUT2D eigenvalue weighted by molar-refractivity contribution is 6.03. The summed E-state index contributed by atoms with van der Waals surface area (Å²) in [6.07, 6.45) is 2.41. The van der Waals surface area contributed by atoms with Crippen molar-refractivity contribution in [3.63, 3.8) is 0 Å². The van der Waals surface area contributed by atoms with Gasteiger partial charge < -0.3 is 14.4 Å². The van der Waals surface area contributed by atoms with Gasteiger partial charge in [0, 0.05) is 38.0 Å². The topological polar surface area (TPSA) is 59.1 Å². The number of anilines is 1. The van der Waals surface area contributed by atoms with Crippen molar-refractivity contribution in [2.24, 2.45) is 0 Å². The number of rotatable bonds is 2. The number of likely N-dealkylation sites (tertiary alicyclic amines) is 1. The van der Waals surface area contributed by atoms with E-state index < -0.39 is 5.79 Å². The third-order valence-corrected chi connectivity index (χ3v) is 5.18. The summed E-state index contributed by atoms with van der Waals surface area (Å²) in [5, 5.41) is 0. The molecule has 3 saturated heterocycles. The molecule has 3 aliphatic heterocycles. The van der Waals surface area contributed by atoms with Crippen LogP contribution in [0.3, 0.4) is 0 Å². The van der Waals surface area contributed by atoms with Crippen LogP contribution in [0.25, 0.3) is 0 Å². The van der Waals surface area contributed by atoms with E-state index in [2.05, 4.69) is 0 Å². The summed E-state index contributed by atoms with van der Waals surface area (Å²) >= 11 is 0. The van der Waals surface area contributed by atoms with E-state index in [4.69, 9.17) is 9.47 Å². The summed E-state index contributed by atoms with van der Waals surface area (Å²) in [6, 6.07) is 9.07. The molecule has 1 aromatic carbocycles. The van der Waals surface area contributed by atoms with Crippen LogP contribution in [-0.4, -0.2) is 54.8 Å². The number of amides is 2. The highest BCUT2D eigenvalue weighted by Crippen LogP contribution is 2.33. The number of hydrogen-bond acceptors (Lipinski definition) is 4. The van der Waals surface area contributed by atoms with Crippen molar-refractivity contribution in [1.82, 2.24) is 4.90 Å². The first-order valence-corrected chi connectivity index (χ1v) is 8.62. The van der Waals surface area contributed by atoms with E-state index >= 15 is 0 Å². The fraction of sp³-hybridized carbons (Fsp3) is 0.556. The molecule has 6 nitrogen and oxygen atoms in total. The Labute approximate surface area is 141 Å². The first-order valence-electron chi connectivity index (χ1n) is 8.62. The minimum Gasteiger partial charge on any atom is -0.347 e. The summed E-state index contributed by atoms with van der Waals surface area (Å²) in [7, 11) is 0. The molecule has 3 fully saturated rings. The summed E-state index contributed by atoms with van der Waals surface area (Å²) in [6.45, 7) is 2.50. The zero-order chi connectivity index (χ0) is 16.6. The van der Waals surface area contributed by atoms with Gasteiger partial charge in [0.25, 0.3) is 0 Å². The molecule has 2 amide bonds. The normalized spacial score (nSPS) is 26.3. The lowest BCUT2D eigenvalue weighted by Crippen LogP contribution is -2.53. The van der Waals surface area contributed by atoms with Gasteiger partial charge in [-0.05, 0) is 18.6 Å². The number of nitrogens with zero attached hydrogens (tertiary/aromatic N) is 2. The van der Waals surface area contributed by atoms with Crippen molar-refractivity contribution >= 4 is 17.5 Å². The van der Waals surface area contributed by atoms with Crippen LogP contribution >= 0.6 is 0 Å². The number of carbonyl (C=O) groups is 2. The predicted molar refractivity (Wildman–Crippen MR) is 87.4 cm³/mol. The molecule has 0 saturated carbocycles. The standard InChI is InChI=1S/C18H22N2O4/c21-16-7-6-15(20(16)14-4-2-1-3-5-14)17(22)19-10-8-18(9-11-19)23-12-13-24-18/h1-5,15H,6-13H2. The summed E-state index contributed by atoms with van der Waals surface area (Å²) in [5.74, 6) is -0.422. The Bertz CT molecular complexity index is 617. The number of ether oxygens (including phenoxy) is 2. The Balaban J connectivity index is 1.47. The van der Waals surface area contributed by atoms with Crippen LogP contribution < -0.4 is 4.90 Å². The van der Waals surface area contributed by atoms with E-state index in [-0.39, 0.29) is 17.9 Å². The van der Waals surface area contributed by atoms with E-state index in [1.165, 1.54) is 0 Å². The molecule has 1 aromatic rings. The third-order valence-electron chi connectivity index (χ3n) is 5.18. The summed E-state index contributed by atoms with van der Waals surface area (Å²) in [5.41, 5.74) is 0.800. The van der Waals surface area contributed by atoms with Gasteiger partial charge in [0.15, 0.2) is 5.79 Å². The fourth-order valence-corrected chi connectivity index (χ4v) is 3.89. The van der Waals surface area contributed by atoms with Gasteiger partial charge in [0.2, 0.25) is 11.8 Å². The van der Waals surface area contributed by atoms with Crippen molar-refractivity contribution in [2.75, 3.05) is 31.2 Å². The maximum atomic E-state index is 13.0. The van der Waals surface area contributed by atoms with Gasteiger partial charge in [-0.15, -0.1) is 0 Å². The Kier molecular flexibility index (Phi) is 4.02. The smallest absolute Gasteiger partial charge is 0.245 e. The zero-order valence-electron chi connectivity index (χ0n) is 13.6. The predicted octanol–water partition coefficient (Wildman–Crippen LogP) is 1.55. The van der Waals surface area contributed by atoms with E-state index in [1.807, 2.05) is 35.2 Å². The Morgan fingerprint density at radius 1 is 1.08 bits per heavy atom. The highest BCUT2D eigenvalue weighted by atomic mass is 16.7. The van der Waals surface area contributed by atoms with Gasteiger partial charge in [-0.3, -0.25) is 14.5 Å². The largest absolute Gasteiger partial charge is 0.347 e. The monoisotopic (exact) mass is 330 g/mol. The maximum absolute atomic E-state index is 13.0. The summed E-state index contributed by atoms with van der Waals surface area (Å²) < 4.78 is 11.4. The van der Waals surface area contributed by atoms with Crippen LogP contribution in [-0.2, 0) is 19.1 Å². The van der Waals surface area contributed by atoms with Gasteiger partial charge in [0.1, 0.15) is 6.04 Å². The van der Waals surface area contributed by atoms with Crippen LogP contribution in [0.1, 0.15) is 25.7 Å². The number of piperidine rings is 1. The minimum absolute atomic E-state index is 0.0236. The second-order valence-electron chi connectivity index (χ2n) is 6.59. The van der Waals surface area contributed by atoms with E-state index in [0.29, 0.717) is 52.0 Å². The molecule has 1 unspecified atom stereocenters. The SMILES string of the molecule is O=C(C1CCC(=O)N1c1ccccc1)N1CCC2(CC1)OCCO2. The molecule has 1 spiro atoms. The molecule has 4 rings (SSSR count). The van der Waals surface area contributed by atoms with Gasteiger partial charge >= 0.3 is 0 Å². The molecule has 128 valence electrons. The fourth-order valence-electron chi connectivity index (χ4n) is 3.89. The van der Waals surface area contributed by atoms with Crippen LogP contribution in [0, 0.1) is 0 Å². The maximum Gasteiger partial charge on any atom is 0.245 e. The lowest BCUT2D eigenvalue weighted by molar-refractivity contribution is -0.187. The zero-order valence-corrected chi connectivity index (χ0v) is 13.6. The molecule has 0 aliphatic carbocycles. The van der Waals surface area contributed by atoms with Crippen LogP contribution in [0.15, 0.2) is 30.3 Å². The minimum atomic E-state index is -0.485. The molecule has 0 bridgehead atoms. The van der Waals surface area contributed by atoms with E-state index in [9.17, 15) is 9.59 Å². The molecule has 0 radical (unpaired) electrons. The molecule has 6 heteroatoms. The number of para-hydroxylation sites is 1. The van der Waals surface area contributed by atoms with Crippen molar-refractivity contribution in [2.45, 2.75) is 37.5 Å². The van der Waals surface area contributed by atoms with Gasteiger partial charge in [0.05, 0.1) is 13.2 Å². The molecule has 0 N–H and O–H groups in total. The second kappa shape index (κ2) is 6.18. The number of carbonyl (C=O) groups excluding carboxylic acids is 2. The lowest BCUT2D eigenvalue weighted by atomic mass is 10.0. The molecule has 3 heterocycles. The van der Waals surface area contributed by atoms with Crippen molar-refractivity contribution in [3.05, 3.63) is 30.3 Å². The van der Waals surface area contributed by atoms with Gasteiger partial charge in [-0.1, -0.05) is 18.2 Å².